The van der Waals surface area contributed by atoms with Crippen molar-refractivity contribution in [2.75, 3.05) is 13.6 Å². The summed E-state index contributed by atoms with van der Waals surface area (Å²) in [5.41, 5.74) is 0. The quantitative estimate of drug-likeness (QED) is 0.830. The van der Waals surface area contributed by atoms with E-state index in [0.29, 0.717) is 4.31 Å². The van der Waals surface area contributed by atoms with Gasteiger partial charge in [-0.05, 0) is 34.1 Å². The molecular formula is C10H9BrF3NO5S. The predicted molar refractivity (Wildman–Crippen MR) is 68.3 cm³/mol. The first-order valence-electron chi connectivity index (χ1n) is 5.17. The standard InChI is InChI=1S/C10H9BrF3NO5S/c1-15(5-9(16)17)21(18,19)8-3-2-6(4-7(8)11)20-10(12,13)14/h2-4H,5H2,1H3,(H,16,17). The molecule has 0 aliphatic heterocycles. The van der Waals surface area contributed by atoms with Crippen LogP contribution >= 0.6 is 15.9 Å². The molecule has 1 aromatic carbocycles. The molecule has 0 unspecified atom stereocenters. The number of nitrogens with zero attached hydrogens (tertiary/aromatic N) is 1. The average molecular weight is 392 g/mol. The molecular weight excluding hydrogens is 383 g/mol. The van der Waals surface area contributed by atoms with Gasteiger partial charge in [0.2, 0.25) is 10.0 Å². The smallest absolute Gasteiger partial charge is 0.480 e. The van der Waals surface area contributed by atoms with E-state index in [1.807, 2.05) is 0 Å². The van der Waals surface area contributed by atoms with Crippen LogP contribution < -0.4 is 4.74 Å². The molecule has 1 N–H and O–H groups in total. The fourth-order valence-corrected chi connectivity index (χ4v) is 3.46. The summed E-state index contributed by atoms with van der Waals surface area (Å²) in [6.45, 7) is -0.782. The first-order chi connectivity index (χ1) is 9.43. The normalized spacial score (nSPS) is 12.5. The SMILES string of the molecule is CN(CC(=O)O)S(=O)(=O)c1ccc(OC(F)(F)F)cc1Br. The predicted octanol–water partition coefficient (Wildman–Crippen LogP) is 2.05. The van der Waals surface area contributed by atoms with Gasteiger partial charge in [-0.25, -0.2) is 8.42 Å². The van der Waals surface area contributed by atoms with Gasteiger partial charge in [0.15, 0.2) is 0 Å². The maximum atomic E-state index is 12.1. The Morgan fingerprint density at radius 1 is 1.43 bits per heavy atom. The Bertz CT molecular complexity index is 647. The lowest BCUT2D eigenvalue weighted by Crippen LogP contribution is -2.32. The summed E-state index contributed by atoms with van der Waals surface area (Å²) in [5, 5.41) is 8.57. The van der Waals surface area contributed by atoms with Crippen molar-refractivity contribution < 1.29 is 36.2 Å². The number of aliphatic carboxylic acids is 1. The Kier molecular flexibility index (Phi) is 5.23. The van der Waals surface area contributed by atoms with E-state index in [1.54, 1.807) is 0 Å². The van der Waals surface area contributed by atoms with Gasteiger partial charge in [-0.3, -0.25) is 4.79 Å². The Morgan fingerprint density at radius 3 is 2.43 bits per heavy atom. The summed E-state index contributed by atoms with van der Waals surface area (Å²) in [7, 11) is -3.12. The number of sulfonamides is 1. The van der Waals surface area contributed by atoms with Crippen molar-refractivity contribution in [2.45, 2.75) is 11.3 Å². The number of likely N-dealkylation sites (N-methyl/N-ethyl adjacent to an activating group) is 1. The third-order valence-corrected chi connectivity index (χ3v) is 4.96. The zero-order valence-electron chi connectivity index (χ0n) is 10.4. The molecule has 118 valence electrons. The summed E-state index contributed by atoms with van der Waals surface area (Å²) in [6.07, 6.45) is -4.90. The lowest BCUT2D eigenvalue weighted by Gasteiger charge is -2.16. The van der Waals surface area contributed by atoms with Gasteiger partial charge in [-0.1, -0.05) is 0 Å². The highest BCUT2D eigenvalue weighted by Gasteiger charge is 2.32. The Balaban J connectivity index is 3.12. The van der Waals surface area contributed by atoms with Crippen LogP contribution in [0.4, 0.5) is 13.2 Å². The van der Waals surface area contributed by atoms with Crippen LogP contribution in [-0.2, 0) is 14.8 Å². The summed E-state index contributed by atoms with van der Waals surface area (Å²) in [5.74, 6) is -1.97. The van der Waals surface area contributed by atoms with Crippen molar-refractivity contribution in [1.82, 2.24) is 4.31 Å². The van der Waals surface area contributed by atoms with E-state index in [9.17, 15) is 26.4 Å². The number of carbonyl (C=O) groups is 1. The van der Waals surface area contributed by atoms with Crippen LogP contribution in [0.15, 0.2) is 27.6 Å². The number of carboxylic acid groups (broad SMARTS) is 1. The van der Waals surface area contributed by atoms with Gasteiger partial charge in [0.25, 0.3) is 0 Å². The summed E-state index contributed by atoms with van der Waals surface area (Å²) in [6, 6.07) is 2.54. The fraction of sp³-hybridized carbons (Fsp3) is 0.300. The topological polar surface area (TPSA) is 83.9 Å². The van der Waals surface area contributed by atoms with Crippen molar-refractivity contribution in [3.05, 3.63) is 22.7 Å². The molecule has 1 rings (SSSR count). The summed E-state index contributed by atoms with van der Waals surface area (Å²) in [4.78, 5) is 10.1. The van der Waals surface area contributed by atoms with Crippen LogP contribution in [0.5, 0.6) is 5.75 Å². The van der Waals surface area contributed by atoms with E-state index in [4.69, 9.17) is 5.11 Å². The molecule has 0 spiro atoms. The van der Waals surface area contributed by atoms with E-state index >= 15 is 0 Å². The Hall–Kier alpha value is -1.33. The monoisotopic (exact) mass is 391 g/mol. The van der Waals surface area contributed by atoms with Gasteiger partial charge < -0.3 is 9.84 Å². The van der Waals surface area contributed by atoms with Crippen LogP contribution in [0.25, 0.3) is 0 Å². The molecule has 0 aliphatic rings. The fourth-order valence-electron chi connectivity index (χ4n) is 1.33. The van der Waals surface area contributed by atoms with Crippen molar-refractivity contribution in [2.24, 2.45) is 0 Å². The van der Waals surface area contributed by atoms with E-state index in [2.05, 4.69) is 20.7 Å². The first-order valence-corrected chi connectivity index (χ1v) is 7.40. The van der Waals surface area contributed by atoms with Crippen LogP contribution in [0, 0.1) is 0 Å². The van der Waals surface area contributed by atoms with Crippen LogP contribution in [0.3, 0.4) is 0 Å². The second kappa shape index (κ2) is 6.20. The van der Waals surface area contributed by atoms with E-state index < -0.39 is 34.6 Å². The van der Waals surface area contributed by atoms with E-state index in [1.165, 1.54) is 0 Å². The molecule has 0 aromatic heterocycles. The summed E-state index contributed by atoms with van der Waals surface area (Å²) >= 11 is 2.82. The van der Waals surface area contributed by atoms with Gasteiger partial charge in [-0.15, -0.1) is 13.2 Å². The Morgan fingerprint density at radius 2 is 2.00 bits per heavy atom. The molecule has 1 aromatic rings. The number of halogens is 4. The lowest BCUT2D eigenvalue weighted by atomic mass is 10.3. The number of ether oxygens (including phenoxy) is 1. The van der Waals surface area contributed by atoms with Gasteiger partial charge in [0.05, 0.1) is 4.90 Å². The van der Waals surface area contributed by atoms with E-state index in [0.717, 1.165) is 25.2 Å². The highest BCUT2D eigenvalue weighted by atomic mass is 79.9. The second-order valence-corrected chi connectivity index (χ2v) is 6.66. The second-order valence-electron chi connectivity index (χ2n) is 3.79. The molecule has 0 saturated heterocycles. The van der Waals surface area contributed by atoms with Crippen molar-refractivity contribution in [1.29, 1.82) is 0 Å². The molecule has 11 heteroatoms. The third-order valence-electron chi connectivity index (χ3n) is 2.18. The van der Waals surface area contributed by atoms with Crippen LogP contribution in [-0.4, -0.2) is 43.8 Å². The number of alkyl halides is 3. The molecule has 0 saturated carbocycles. The van der Waals surface area contributed by atoms with Crippen molar-refractivity contribution in [3.63, 3.8) is 0 Å². The summed E-state index contributed by atoms with van der Waals surface area (Å²) < 4.78 is 64.3. The number of benzene rings is 1. The largest absolute Gasteiger partial charge is 0.573 e. The molecule has 0 fully saturated rings. The van der Waals surface area contributed by atoms with E-state index in [-0.39, 0.29) is 9.37 Å². The van der Waals surface area contributed by atoms with Crippen molar-refractivity contribution in [3.8, 4) is 5.75 Å². The van der Waals surface area contributed by atoms with Gasteiger partial charge in [0.1, 0.15) is 12.3 Å². The Labute approximate surface area is 126 Å². The molecule has 0 aliphatic carbocycles. The minimum Gasteiger partial charge on any atom is -0.480 e. The molecule has 0 bridgehead atoms. The molecule has 0 amide bonds. The average Bonchev–Trinajstić information content (AvgIpc) is 2.25. The lowest BCUT2D eigenvalue weighted by molar-refractivity contribution is -0.274. The van der Waals surface area contributed by atoms with Gasteiger partial charge in [0, 0.05) is 11.5 Å². The van der Waals surface area contributed by atoms with Crippen molar-refractivity contribution >= 4 is 31.9 Å². The highest BCUT2D eigenvalue weighted by molar-refractivity contribution is 9.10. The third kappa shape index (κ3) is 4.86. The zero-order chi connectivity index (χ0) is 16.4. The van der Waals surface area contributed by atoms with Gasteiger partial charge >= 0.3 is 12.3 Å². The highest BCUT2D eigenvalue weighted by Crippen LogP contribution is 2.31. The number of carboxylic acids is 1. The number of rotatable bonds is 5. The molecule has 21 heavy (non-hydrogen) atoms. The molecule has 0 atom stereocenters. The minimum absolute atomic E-state index is 0.179. The molecule has 6 nitrogen and oxygen atoms in total. The number of hydrogen-bond acceptors (Lipinski definition) is 4. The number of hydrogen-bond donors (Lipinski definition) is 1. The zero-order valence-corrected chi connectivity index (χ0v) is 12.8. The maximum absolute atomic E-state index is 12.1. The van der Waals surface area contributed by atoms with Crippen LogP contribution in [0.2, 0.25) is 0 Å². The minimum atomic E-state index is -4.90. The van der Waals surface area contributed by atoms with Crippen LogP contribution in [0.1, 0.15) is 0 Å². The molecule has 0 heterocycles. The first kappa shape index (κ1) is 17.7. The maximum Gasteiger partial charge on any atom is 0.573 e. The molecule has 0 radical (unpaired) electrons. The van der Waals surface area contributed by atoms with Gasteiger partial charge in [-0.2, -0.15) is 4.31 Å².